The number of carbonyl (C=O) groups excluding carboxylic acids is 2. The summed E-state index contributed by atoms with van der Waals surface area (Å²) in [6.45, 7) is 1.36. The van der Waals surface area contributed by atoms with Gasteiger partial charge in [0.25, 0.3) is 0 Å². The number of rotatable bonds is 2. The van der Waals surface area contributed by atoms with Gasteiger partial charge in [0, 0.05) is 25.6 Å². The van der Waals surface area contributed by atoms with Crippen molar-refractivity contribution >= 4 is 23.4 Å². The number of nitrogens with one attached hydrogen (secondary N) is 1. The molecular weight excluding hydrogens is 288 g/mol. The molecule has 2 aliphatic rings. The SMILES string of the molecule is O=C1CCC2CN(C(=O)C(Cl)c3ccccc3)CCC2N1. The smallest absolute Gasteiger partial charge is 0.245 e. The van der Waals surface area contributed by atoms with Crippen molar-refractivity contribution in [2.45, 2.75) is 30.7 Å². The van der Waals surface area contributed by atoms with Gasteiger partial charge in [0.1, 0.15) is 5.38 Å². The van der Waals surface area contributed by atoms with Gasteiger partial charge in [0.15, 0.2) is 0 Å². The molecule has 2 fully saturated rings. The Morgan fingerprint density at radius 2 is 2.05 bits per heavy atom. The number of likely N-dealkylation sites (tertiary alicyclic amines) is 1. The second kappa shape index (κ2) is 6.06. The number of fused-ring (bicyclic) bond motifs is 1. The van der Waals surface area contributed by atoms with Gasteiger partial charge >= 0.3 is 0 Å². The van der Waals surface area contributed by atoms with E-state index < -0.39 is 5.38 Å². The van der Waals surface area contributed by atoms with Crippen molar-refractivity contribution in [1.82, 2.24) is 10.2 Å². The van der Waals surface area contributed by atoms with E-state index in [-0.39, 0.29) is 17.9 Å². The third kappa shape index (κ3) is 3.05. The number of alkyl halides is 1. The molecule has 0 saturated carbocycles. The van der Waals surface area contributed by atoms with E-state index in [0.29, 0.717) is 25.4 Å². The van der Waals surface area contributed by atoms with Crippen molar-refractivity contribution in [3.63, 3.8) is 0 Å². The predicted molar refractivity (Wildman–Crippen MR) is 80.9 cm³/mol. The Balaban J connectivity index is 1.65. The Kier molecular flexibility index (Phi) is 4.15. The quantitative estimate of drug-likeness (QED) is 0.851. The number of amides is 2. The maximum Gasteiger partial charge on any atom is 0.245 e. The Bertz CT molecular complexity index is 534. The molecule has 21 heavy (non-hydrogen) atoms. The first-order valence-electron chi connectivity index (χ1n) is 7.42. The van der Waals surface area contributed by atoms with Crippen LogP contribution in [0.3, 0.4) is 0 Å². The number of piperidine rings is 2. The molecule has 0 spiro atoms. The molecule has 3 atom stereocenters. The van der Waals surface area contributed by atoms with E-state index in [1.165, 1.54) is 0 Å². The molecule has 1 aromatic rings. The molecule has 2 saturated heterocycles. The summed E-state index contributed by atoms with van der Waals surface area (Å²) in [6.07, 6.45) is 2.24. The molecule has 2 heterocycles. The molecule has 0 radical (unpaired) electrons. The zero-order valence-corrected chi connectivity index (χ0v) is 12.6. The molecule has 1 N–H and O–H groups in total. The van der Waals surface area contributed by atoms with E-state index in [9.17, 15) is 9.59 Å². The first-order valence-corrected chi connectivity index (χ1v) is 7.86. The topological polar surface area (TPSA) is 49.4 Å². The highest BCUT2D eigenvalue weighted by atomic mass is 35.5. The first-order chi connectivity index (χ1) is 10.1. The highest BCUT2D eigenvalue weighted by Crippen LogP contribution is 2.29. The fourth-order valence-corrected chi connectivity index (χ4v) is 3.52. The molecule has 3 rings (SSSR count). The minimum absolute atomic E-state index is 0.0294. The van der Waals surface area contributed by atoms with Crippen LogP contribution in [0.1, 0.15) is 30.2 Å². The molecule has 2 amide bonds. The van der Waals surface area contributed by atoms with Crippen molar-refractivity contribution in [3.8, 4) is 0 Å². The molecule has 1 aromatic carbocycles. The Morgan fingerprint density at radius 1 is 1.29 bits per heavy atom. The molecular formula is C16H19ClN2O2. The van der Waals surface area contributed by atoms with Gasteiger partial charge in [-0.3, -0.25) is 9.59 Å². The van der Waals surface area contributed by atoms with Crippen molar-refractivity contribution in [2.75, 3.05) is 13.1 Å². The summed E-state index contributed by atoms with van der Waals surface area (Å²) in [4.78, 5) is 25.8. The van der Waals surface area contributed by atoms with Crippen LogP contribution in [0.25, 0.3) is 0 Å². The van der Waals surface area contributed by atoms with Crippen molar-refractivity contribution in [1.29, 1.82) is 0 Å². The van der Waals surface area contributed by atoms with E-state index in [4.69, 9.17) is 11.6 Å². The molecule has 0 aliphatic carbocycles. The van der Waals surface area contributed by atoms with Crippen LogP contribution < -0.4 is 5.32 Å². The van der Waals surface area contributed by atoms with Crippen molar-refractivity contribution in [2.24, 2.45) is 5.92 Å². The minimum Gasteiger partial charge on any atom is -0.353 e. The van der Waals surface area contributed by atoms with Crippen LogP contribution in [0, 0.1) is 5.92 Å². The monoisotopic (exact) mass is 306 g/mol. The molecule has 4 nitrogen and oxygen atoms in total. The molecule has 112 valence electrons. The summed E-state index contributed by atoms with van der Waals surface area (Å²) >= 11 is 6.33. The van der Waals surface area contributed by atoms with Crippen LogP contribution in [-0.2, 0) is 9.59 Å². The fraction of sp³-hybridized carbons (Fsp3) is 0.500. The lowest BCUT2D eigenvalue weighted by Gasteiger charge is -2.41. The van der Waals surface area contributed by atoms with Gasteiger partial charge in [0.05, 0.1) is 0 Å². The molecule has 2 aliphatic heterocycles. The number of benzene rings is 1. The molecule has 0 aromatic heterocycles. The van der Waals surface area contributed by atoms with Crippen LogP contribution in [0.4, 0.5) is 0 Å². The van der Waals surface area contributed by atoms with Crippen LogP contribution in [0.2, 0.25) is 0 Å². The van der Waals surface area contributed by atoms with Crippen LogP contribution >= 0.6 is 11.6 Å². The molecule has 3 unspecified atom stereocenters. The van der Waals surface area contributed by atoms with Gasteiger partial charge in [-0.05, 0) is 24.3 Å². The summed E-state index contributed by atoms with van der Waals surface area (Å²) in [6, 6.07) is 9.67. The Hall–Kier alpha value is -1.55. The first kappa shape index (κ1) is 14.4. The second-order valence-electron chi connectivity index (χ2n) is 5.82. The number of hydrogen-bond acceptors (Lipinski definition) is 2. The summed E-state index contributed by atoms with van der Waals surface area (Å²) in [5.74, 6) is 0.466. The summed E-state index contributed by atoms with van der Waals surface area (Å²) in [5, 5.41) is 2.40. The largest absolute Gasteiger partial charge is 0.353 e. The van der Waals surface area contributed by atoms with Gasteiger partial charge in [-0.1, -0.05) is 30.3 Å². The number of nitrogens with zero attached hydrogens (tertiary/aromatic N) is 1. The minimum atomic E-state index is -0.624. The lowest BCUT2D eigenvalue weighted by atomic mass is 9.85. The standard InChI is InChI=1S/C16H19ClN2O2/c17-15(11-4-2-1-3-5-11)16(21)19-9-8-13-12(10-19)6-7-14(20)18-13/h1-5,12-13,15H,6-10H2,(H,18,20). The van der Waals surface area contributed by atoms with Crippen molar-refractivity contribution in [3.05, 3.63) is 35.9 Å². The van der Waals surface area contributed by atoms with Gasteiger partial charge in [-0.15, -0.1) is 11.6 Å². The summed E-state index contributed by atoms with van der Waals surface area (Å²) < 4.78 is 0. The zero-order chi connectivity index (χ0) is 14.8. The lowest BCUT2D eigenvalue weighted by Crippen LogP contribution is -2.55. The van der Waals surface area contributed by atoms with E-state index >= 15 is 0 Å². The highest BCUT2D eigenvalue weighted by Gasteiger charge is 2.36. The second-order valence-corrected chi connectivity index (χ2v) is 6.26. The lowest BCUT2D eigenvalue weighted by molar-refractivity contribution is -0.134. The zero-order valence-electron chi connectivity index (χ0n) is 11.8. The number of carbonyl (C=O) groups is 2. The van der Waals surface area contributed by atoms with Gasteiger partial charge in [-0.25, -0.2) is 0 Å². The average molecular weight is 307 g/mol. The number of hydrogen-bond donors (Lipinski definition) is 1. The van der Waals surface area contributed by atoms with Crippen LogP contribution in [0.15, 0.2) is 30.3 Å². The maximum absolute atomic E-state index is 12.5. The van der Waals surface area contributed by atoms with Crippen LogP contribution in [-0.4, -0.2) is 35.8 Å². The van der Waals surface area contributed by atoms with E-state index in [0.717, 1.165) is 18.4 Å². The fourth-order valence-electron chi connectivity index (χ4n) is 3.24. The van der Waals surface area contributed by atoms with Gasteiger partial charge in [0.2, 0.25) is 11.8 Å². The van der Waals surface area contributed by atoms with Crippen LogP contribution in [0.5, 0.6) is 0 Å². The molecule has 5 heteroatoms. The molecule has 0 bridgehead atoms. The maximum atomic E-state index is 12.5. The van der Waals surface area contributed by atoms with Gasteiger partial charge < -0.3 is 10.2 Å². The third-order valence-electron chi connectivity index (χ3n) is 4.44. The Labute approximate surface area is 129 Å². The highest BCUT2D eigenvalue weighted by molar-refractivity contribution is 6.30. The number of halogens is 1. The average Bonchev–Trinajstić information content (AvgIpc) is 2.53. The normalized spacial score (nSPS) is 26.7. The summed E-state index contributed by atoms with van der Waals surface area (Å²) in [5.41, 5.74) is 0.836. The summed E-state index contributed by atoms with van der Waals surface area (Å²) in [7, 11) is 0. The predicted octanol–water partition coefficient (Wildman–Crippen LogP) is 2.09. The Morgan fingerprint density at radius 3 is 2.81 bits per heavy atom. The van der Waals surface area contributed by atoms with E-state index in [1.54, 1.807) is 0 Å². The van der Waals surface area contributed by atoms with Gasteiger partial charge in [-0.2, -0.15) is 0 Å². The van der Waals surface area contributed by atoms with Crippen molar-refractivity contribution < 1.29 is 9.59 Å². The third-order valence-corrected chi connectivity index (χ3v) is 4.88. The van der Waals surface area contributed by atoms with E-state index in [2.05, 4.69) is 5.32 Å². The van der Waals surface area contributed by atoms with E-state index in [1.807, 2.05) is 35.2 Å².